The molecule has 0 N–H and O–H groups in total. The molecule has 0 saturated heterocycles. The molecule has 1 rings (SSSR count). The molecule has 0 aromatic heterocycles. The monoisotopic (exact) mass is 125 g/mol. The smallest absolute Gasteiger partial charge is 0.0599 e. The van der Waals surface area contributed by atoms with Crippen LogP contribution in [-0.4, -0.2) is 9.96 Å². The van der Waals surface area contributed by atoms with Crippen molar-refractivity contribution in [3.63, 3.8) is 0 Å². The first-order chi connectivity index (χ1) is 4.11. The Bertz CT molecular complexity index is 162. The van der Waals surface area contributed by atoms with Crippen molar-refractivity contribution in [3.8, 4) is 0 Å². The molecular weight excluding hydrogens is 112 g/mol. The first-order valence-electron chi connectivity index (χ1n) is 3.47. The van der Waals surface area contributed by atoms with Crippen LogP contribution < -0.4 is 0 Å². The van der Waals surface area contributed by atoms with Crippen LogP contribution in [0, 0.1) is 0 Å². The van der Waals surface area contributed by atoms with E-state index in [0.717, 1.165) is 6.42 Å². The van der Waals surface area contributed by atoms with Crippen LogP contribution in [0.25, 0.3) is 0 Å². The molecule has 8 heavy (non-hydrogen) atoms. The van der Waals surface area contributed by atoms with Crippen LogP contribution in [0.3, 0.4) is 0 Å². The minimum absolute atomic E-state index is 1.03. The lowest BCUT2D eigenvalue weighted by Gasteiger charge is -2.00. The average Bonchev–Trinajstić information content (AvgIpc) is 2.08. The highest BCUT2D eigenvalue weighted by Crippen LogP contribution is 2.12. The maximum absolute atomic E-state index is 7.76. The lowest BCUT2D eigenvalue weighted by atomic mass is 10.5. The Morgan fingerprint density at radius 3 is 2.75 bits per heavy atom. The maximum Gasteiger partial charge on any atom is 0.0599 e. The normalized spacial score (nSPS) is 20.8. The Balaban J connectivity index is 2.66. The highest BCUT2D eigenvalue weighted by atomic mass is 28.3. The number of hydrogen-bond donors (Lipinski definition) is 0. The van der Waals surface area contributed by atoms with E-state index < -0.39 is 8.73 Å². The summed E-state index contributed by atoms with van der Waals surface area (Å²) in [5.74, 6) is 0. The molecule has 1 heteroatoms. The second-order valence-corrected chi connectivity index (χ2v) is 4.97. The quantitative estimate of drug-likeness (QED) is 0.470. The molecule has 1 aliphatic rings. The Hall–Kier alpha value is -0.303. The van der Waals surface area contributed by atoms with Crippen LogP contribution in [0.1, 0.15) is 6.42 Å². The van der Waals surface area contributed by atoms with Crippen LogP contribution in [0.5, 0.6) is 0 Å². The summed E-state index contributed by atoms with van der Waals surface area (Å²) in [7, 11) is -1.68. The third-order valence-corrected chi connectivity index (χ3v) is 3.07. The van der Waals surface area contributed by atoms with Crippen LogP contribution in [-0.2, 0) is 0 Å². The zero-order valence-electron chi connectivity index (χ0n) is 6.44. The fourth-order valence-electron chi connectivity index (χ4n) is 0.818. The lowest BCUT2D eigenvalue weighted by Crippen LogP contribution is -2.02. The van der Waals surface area contributed by atoms with Crippen LogP contribution in [0.2, 0.25) is 13.1 Å². The molecule has 44 valence electrons. The van der Waals surface area contributed by atoms with Crippen molar-refractivity contribution in [3.05, 3.63) is 23.4 Å². The standard InChI is InChI=1S/C7H12Si/c1-8(2)7-5-3-4-6-7/h3-5,8H,6H2,1-2H3/i8D. The minimum atomic E-state index is -1.68. The lowest BCUT2D eigenvalue weighted by molar-refractivity contribution is 1.38. The molecule has 0 aliphatic heterocycles. The SMILES string of the molecule is [2H][Si](C)(C)C1=CC=CC1. The maximum atomic E-state index is 7.76. The fourth-order valence-corrected chi connectivity index (χ4v) is 1.77. The van der Waals surface area contributed by atoms with E-state index in [1.807, 2.05) is 0 Å². The van der Waals surface area contributed by atoms with Crippen molar-refractivity contribution in [1.82, 2.24) is 0 Å². The predicted octanol–water partition coefficient (Wildman–Crippen LogP) is 1.90. The average molecular weight is 125 g/mol. The zero-order valence-corrected chi connectivity index (χ0v) is 6.44. The van der Waals surface area contributed by atoms with Gasteiger partial charge in [0, 0.05) is 1.23 Å². The summed E-state index contributed by atoms with van der Waals surface area (Å²) in [4.78, 5) is 0. The predicted molar refractivity (Wildman–Crippen MR) is 40.7 cm³/mol. The Morgan fingerprint density at radius 2 is 2.50 bits per heavy atom. The summed E-state index contributed by atoms with van der Waals surface area (Å²) in [6.45, 7) is 4.12. The van der Waals surface area contributed by atoms with Gasteiger partial charge >= 0.3 is 0 Å². The molecule has 0 aromatic rings. The van der Waals surface area contributed by atoms with Gasteiger partial charge in [-0.1, -0.05) is 36.5 Å². The number of allylic oxidation sites excluding steroid dienone is 4. The van der Waals surface area contributed by atoms with E-state index in [-0.39, 0.29) is 0 Å². The molecule has 0 atom stereocenters. The molecule has 1 aliphatic carbocycles. The fraction of sp³-hybridized carbons (Fsp3) is 0.429. The van der Waals surface area contributed by atoms with Crippen molar-refractivity contribution in [2.24, 2.45) is 0 Å². The Kier molecular flexibility index (Phi) is 1.32. The van der Waals surface area contributed by atoms with Crippen molar-refractivity contribution < 1.29 is 0 Å². The van der Waals surface area contributed by atoms with Gasteiger partial charge in [-0.3, -0.25) is 0 Å². The first kappa shape index (κ1) is 4.56. The molecule has 0 heterocycles. The molecule has 0 aromatic carbocycles. The topological polar surface area (TPSA) is 0 Å². The van der Waals surface area contributed by atoms with E-state index >= 15 is 0 Å². The number of hydrogen-bond acceptors (Lipinski definition) is 0. The molecule has 0 saturated carbocycles. The van der Waals surface area contributed by atoms with Gasteiger partial charge in [0.25, 0.3) is 0 Å². The van der Waals surface area contributed by atoms with Gasteiger partial charge in [0.05, 0.1) is 8.73 Å². The van der Waals surface area contributed by atoms with Crippen LogP contribution in [0.15, 0.2) is 23.4 Å². The molecule has 0 spiro atoms. The van der Waals surface area contributed by atoms with Gasteiger partial charge in [-0.05, 0) is 6.42 Å². The highest BCUT2D eigenvalue weighted by molar-refractivity contribution is 6.64. The third-order valence-electron chi connectivity index (χ3n) is 1.41. The third kappa shape index (κ3) is 1.10. The van der Waals surface area contributed by atoms with Gasteiger partial charge in [0.15, 0.2) is 0 Å². The van der Waals surface area contributed by atoms with Gasteiger partial charge in [-0.25, -0.2) is 0 Å². The van der Waals surface area contributed by atoms with Gasteiger partial charge in [0.2, 0.25) is 0 Å². The van der Waals surface area contributed by atoms with Gasteiger partial charge in [-0.2, -0.15) is 0 Å². The molecule has 0 unspecified atom stereocenters. The van der Waals surface area contributed by atoms with E-state index in [4.69, 9.17) is 1.23 Å². The second-order valence-electron chi connectivity index (χ2n) is 2.32. The van der Waals surface area contributed by atoms with E-state index in [1.54, 1.807) is 0 Å². The van der Waals surface area contributed by atoms with Crippen molar-refractivity contribution >= 4 is 8.73 Å². The largest absolute Gasteiger partial charge is 0.0809 e. The summed E-state index contributed by atoms with van der Waals surface area (Å²) in [6, 6.07) is 0. The van der Waals surface area contributed by atoms with Crippen molar-refractivity contribution in [2.45, 2.75) is 19.5 Å². The molecule has 0 nitrogen and oxygen atoms in total. The summed E-state index contributed by atoms with van der Waals surface area (Å²) in [5.41, 5.74) is 0. The molecule has 0 amide bonds. The van der Waals surface area contributed by atoms with Gasteiger partial charge in [-0.15, -0.1) is 0 Å². The first-order valence-corrected chi connectivity index (χ1v) is 5.47. The molecular formula is C7H12Si. The molecule has 0 bridgehead atoms. The van der Waals surface area contributed by atoms with Gasteiger partial charge in [0.1, 0.15) is 0 Å². The second kappa shape index (κ2) is 2.31. The van der Waals surface area contributed by atoms with Crippen LogP contribution in [0.4, 0.5) is 0 Å². The summed E-state index contributed by atoms with van der Waals surface area (Å²) < 4.78 is 7.76. The Labute approximate surface area is 53.7 Å². The highest BCUT2D eigenvalue weighted by Gasteiger charge is 2.03. The number of rotatable bonds is 1. The Morgan fingerprint density at radius 1 is 1.75 bits per heavy atom. The summed E-state index contributed by atoms with van der Waals surface area (Å²) in [6.07, 6.45) is 7.30. The van der Waals surface area contributed by atoms with E-state index in [1.165, 1.54) is 5.20 Å². The van der Waals surface area contributed by atoms with Crippen molar-refractivity contribution in [1.29, 1.82) is 1.23 Å². The van der Waals surface area contributed by atoms with E-state index in [0.29, 0.717) is 0 Å². The van der Waals surface area contributed by atoms with E-state index in [9.17, 15) is 0 Å². The van der Waals surface area contributed by atoms with Crippen LogP contribution >= 0.6 is 0 Å². The molecule has 0 fully saturated rings. The summed E-state index contributed by atoms with van der Waals surface area (Å²) in [5, 5.41) is 1.35. The summed E-state index contributed by atoms with van der Waals surface area (Å²) >= 11 is 0. The van der Waals surface area contributed by atoms with Gasteiger partial charge < -0.3 is 0 Å². The minimum Gasteiger partial charge on any atom is -0.0809 e. The molecule has 0 radical (unpaired) electrons. The van der Waals surface area contributed by atoms with Crippen molar-refractivity contribution in [2.75, 3.05) is 0 Å². The zero-order chi connectivity index (χ0) is 6.91. The van der Waals surface area contributed by atoms with E-state index in [2.05, 4.69) is 31.3 Å².